The Hall–Kier alpha value is -5.25. The van der Waals surface area contributed by atoms with E-state index in [1.54, 1.807) is 35.9 Å². The number of nitrogens with one attached hydrogen (secondary N) is 3. The molecule has 0 saturated carbocycles. The van der Waals surface area contributed by atoms with Gasteiger partial charge in [-0.05, 0) is 113 Å². The molecule has 3 aliphatic rings. The number of thiazole rings is 1. The summed E-state index contributed by atoms with van der Waals surface area (Å²) in [6.07, 6.45) is 11.7. The summed E-state index contributed by atoms with van der Waals surface area (Å²) in [5.41, 5.74) is 4.38. The van der Waals surface area contributed by atoms with Crippen molar-refractivity contribution in [3.8, 4) is 21.8 Å². The van der Waals surface area contributed by atoms with Gasteiger partial charge in [0.2, 0.25) is 17.8 Å². The predicted molar refractivity (Wildman–Crippen MR) is 255 cm³/mol. The molecule has 0 bridgehead atoms. The Labute approximate surface area is 379 Å². The zero-order chi connectivity index (χ0) is 44.8. The normalized spacial score (nSPS) is 16.3. The third-order valence-corrected chi connectivity index (χ3v) is 13.5. The summed E-state index contributed by atoms with van der Waals surface area (Å²) in [6.45, 7) is 12.6. The zero-order valence-corrected chi connectivity index (χ0v) is 38.7. The van der Waals surface area contributed by atoms with E-state index in [4.69, 9.17) is 9.97 Å². The number of piperidine rings is 3. The number of pyridine rings is 1. The number of likely N-dealkylation sites (tertiary alicyclic amines) is 1. The first-order valence-electron chi connectivity index (χ1n) is 21.9. The highest BCUT2D eigenvalue weighted by molar-refractivity contribution is 8.00. The van der Waals surface area contributed by atoms with Crippen LogP contribution < -0.4 is 20.3 Å². The second-order valence-corrected chi connectivity index (χ2v) is 19.0. The number of benzene rings is 2. The molecule has 0 aliphatic carbocycles. The van der Waals surface area contributed by atoms with Gasteiger partial charge in [-0.25, -0.2) is 24.3 Å². The molecule has 63 heavy (non-hydrogen) atoms. The molecular formula is C48H60FN9O3S2. The Morgan fingerprint density at radius 1 is 0.889 bits per heavy atom. The third kappa shape index (κ3) is 13.6. The number of hydrogen-bond acceptors (Lipinski definition) is 13. The largest absolute Gasteiger partial charge is 0.357 e. The van der Waals surface area contributed by atoms with Gasteiger partial charge in [0.1, 0.15) is 12.1 Å². The van der Waals surface area contributed by atoms with Crippen LogP contribution >= 0.6 is 23.3 Å². The molecule has 15 heteroatoms. The minimum Gasteiger partial charge on any atom is -0.357 e. The first-order valence-corrected chi connectivity index (χ1v) is 23.7. The van der Waals surface area contributed by atoms with Gasteiger partial charge in [0.15, 0.2) is 5.82 Å². The van der Waals surface area contributed by atoms with Crippen molar-refractivity contribution in [2.75, 3.05) is 53.9 Å². The van der Waals surface area contributed by atoms with Crippen LogP contribution in [0.3, 0.4) is 0 Å². The predicted octanol–water partition coefficient (Wildman–Crippen LogP) is 10.0. The average molecular weight is 894 g/mol. The maximum absolute atomic E-state index is 15.8. The van der Waals surface area contributed by atoms with Crippen LogP contribution in [0.15, 0.2) is 79.1 Å². The van der Waals surface area contributed by atoms with Crippen LogP contribution in [0, 0.1) is 11.7 Å². The van der Waals surface area contributed by atoms with Crippen LogP contribution in [-0.2, 0) is 19.8 Å². The maximum Gasteiger partial charge on any atom is 0.227 e. The molecule has 6 heterocycles. The highest BCUT2D eigenvalue weighted by atomic mass is 32.2. The van der Waals surface area contributed by atoms with Crippen LogP contribution in [0.5, 0.6) is 0 Å². The van der Waals surface area contributed by atoms with Crippen LogP contribution in [-0.4, -0.2) is 81.9 Å². The fourth-order valence-corrected chi connectivity index (χ4v) is 9.10. The topological polar surface area (TPSA) is 145 Å². The number of aromatic nitrogens is 4. The van der Waals surface area contributed by atoms with Gasteiger partial charge in [0, 0.05) is 66.7 Å². The van der Waals surface area contributed by atoms with Crippen molar-refractivity contribution in [2.24, 2.45) is 5.92 Å². The van der Waals surface area contributed by atoms with Crippen molar-refractivity contribution in [3.05, 3.63) is 95.5 Å². The molecule has 2 aromatic carbocycles. The molecule has 2 amide bonds. The van der Waals surface area contributed by atoms with Crippen molar-refractivity contribution in [3.63, 3.8) is 0 Å². The molecule has 3 N–H and O–H groups in total. The van der Waals surface area contributed by atoms with Gasteiger partial charge in [0.25, 0.3) is 0 Å². The van der Waals surface area contributed by atoms with Gasteiger partial charge >= 0.3 is 0 Å². The molecule has 3 saturated heterocycles. The van der Waals surface area contributed by atoms with E-state index < -0.39 is 0 Å². The summed E-state index contributed by atoms with van der Waals surface area (Å²) in [4.78, 5) is 55.3. The van der Waals surface area contributed by atoms with E-state index in [1.165, 1.54) is 30.4 Å². The molecule has 5 aromatic rings. The number of carbonyl (C=O) groups is 3. The highest BCUT2D eigenvalue weighted by Gasteiger charge is 2.26. The second kappa shape index (κ2) is 22.9. The molecule has 3 aromatic heterocycles. The van der Waals surface area contributed by atoms with Gasteiger partial charge in [-0.15, -0.1) is 11.3 Å². The van der Waals surface area contributed by atoms with E-state index in [0.29, 0.717) is 53.8 Å². The SMILES string of the molecule is CCCSNc1cccc(-c2nc(C(C)(C)C)sc2-c2ccnc(Nc3ccc(C4CCN(C)CC4)cc3)n2)c1F.O=C1CCCC(=O)N1.O=CC1CCN(c2ccccn2)CC1. The lowest BCUT2D eigenvalue weighted by Gasteiger charge is -2.30. The lowest BCUT2D eigenvalue weighted by Crippen LogP contribution is -2.34. The standard InChI is InChI=1S/C32H39FN6S2.C11H14N2O.C5H7NO2/c1-6-20-40-38-25-9-7-8-24(27(25)33)28-29(41-30(37-28)32(2,3)4)26-14-17-34-31(36-26)35-23-12-10-21(11-13-23)22-15-18-39(5)19-16-22;14-9-10-4-7-13(8-5-10)11-3-1-2-6-12-11;7-4-2-1-3-5(8)6-4/h7-14,17,22,38H,6,15-16,18-20H2,1-5H3,(H,34,35,36);1-3,6,9-10H,4-5,7-8H2;1-3H2,(H,6,7,8). The van der Waals surface area contributed by atoms with E-state index in [1.807, 2.05) is 30.3 Å². The van der Waals surface area contributed by atoms with Crippen molar-refractivity contribution >= 4 is 64.5 Å². The molecule has 3 fully saturated rings. The summed E-state index contributed by atoms with van der Waals surface area (Å²) in [7, 11) is 2.19. The van der Waals surface area contributed by atoms with Crippen LogP contribution in [0.2, 0.25) is 0 Å². The molecule has 0 radical (unpaired) electrons. The van der Waals surface area contributed by atoms with Gasteiger partial charge < -0.3 is 24.6 Å². The third-order valence-electron chi connectivity index (χ3n) is 11.0. The minimum atomic E-state index is -0.305. The van der Waals surface area contributed by atoms with E-state index >= 15 is 4.39 Å². The Balaban J connectivity index is 0.000000243. The van der Waals surface area contributed by atoms with Gasteiger partial charge in [-0.2, -0.15) is 0 Å². The lowest BCUT2D eigenvalue weighted by molar-refractivity contribution is -0.133. The number of amides is 2. The molecule has 0 unspecified atom stereocenters. The Morgan fingerprint density at radius 3 is 2.24 bits per heavy atom. The minimum absolute atomic E-state index is 0.138. The molecule has 8 rings (SSSR count). The Morgan fingerprint density at radius 2 is 1.62 bits per heavy atom. The van der Waals surface area contributed by atoms with Gasteiger partial charge in [0.05, 0.1) is 27.0 Å². The highest BCUT2D eigenvalue weighted by Crippen LogP contribution is 2.42. The zero-order valence-electron chi connectivity index (χ0n) is 37.0. The van der Waals surface area contributed by atoms with Crippen molar-refractivity contribution < 1.29 is 18.8 Å². The summed E-state index contributed by atoms with van der Waals surface area (Å²) in [5, 5.41) is 6.49. The number of imide groups is 1. The van der Waals surface area contributed by atoms with E-state index in [2.05, 4.69) is 94.1 Å². The van der Waals surface area contributed by atoms with Crippen molar-refractivity contribution in [1.29, 1.82) is 0 Å². The first kappa shape index (κ1) is 47.2. The number of carbonyl (C=O) groups excluding carboxylic acids is 3. The molecule has 12 nitrogen and oxygen atoms in total. The molecule has 3 aliphatic heterocycles. The number of aldehydes is 1. The number of rotatable bonds is 11. The molecule has 334 valence electrons. The number of nitrogens with zero attached hydrogens (tertiary/aromatic N) is 6. The van der Waals surface area contributed by atoms with E-state index in [0.717, 1.165) is 78.9 Å². The van der Waals surface area contributed by atoms with Crippen LogP contribution in [0.1, 0.15) is 95.6 Å². The second-order valence-electron chi connectivity index (χ2n) is 17.1. The molecule has 0 spiro atoms. The summed E-state index contributed by atoms with van der Waals surface area (Å²) in [5.74, 6) is 2.71. The number of halogens is 1. The van der Waals surface area contributed by atoms with Crippen molar-refractivity contribution in [1.82, 2.24) is 30.2 Å². The van der Waals surface area contributed by atoms with E-state index in [-0.39, 0.29) is 29.0 Å². The van der Waals surface area contributed by atoms with E-state index in [9.17, 15) is 14.4 Å². The van der Waals surface area contributed by atoms with Crippen molar-refractivity contribution in [2.45, 2.75) is 90.4 Å². The Bertz CT molecular complexity index is 2240. The summed E-state index contributed by atoms with van der Waals surface area (Å²) in [6, 6.07) is 21.9. The first-order chi connectivity index (χ1) is 30.4. The fourth-order valence-electron chi connectivity index (χ4n) is 7.37. The monoisotopic (exact) mass is 893 g/mol. The van der Waals surface area contributed by atoms with Crippen LogP contribution in [0.4, 0.5) is 27.5 Å². The Kier molecular flexibility index (Phi) is 17.2. The molecular weight excluding hydrogens is 834 g/mol. The maximum atomic E-state index is 15.8. The quantitative estimate of drug-likeness (QED) is 0.0502. The average Bonchev–Trinajstić information content (AvgIpc) is 3.75. The van der Waals surface area contributed by atoms with Gasteiger partial charge in [-0.3, -0.25) is 14.9 Å². The summed E-state index contributed by atoms with van der Waals surface area (Å²) >= 11 is 3.07. The lowest BCUT2D eigenvalue weighted by atomic mass is 9.89. The smallest absolute Gasteiger partial charge is 0.227 e. The number of anilines is 4. The van der Waals surface area contributed by atoms with Crippen LogP contribution in [0.25, 0.3) is 21.8 Å². The summed E-state index contributed by atoms with van der Waals surface area (Å²) < 4.78 is 18.9. The number of hydrogen-bond donors (Lipinski definition) is 3. The van der Waals surface area contributed by atoms with Gasteiger partial charge in [-0.1, -0.05) is 63.9 Å². The molecule has 0 atom stereocenters. The fraction of sp³-hybridized carbons (Fsp3) is 0.438.